The van der Waals surface area contributed by atoms with Gasteiger partial charge in [-0.25, -0.2) is 0 Å². The van der Waals surface area contributed by atoms with Crippen molar-refractivity contribution in [3.05, 3.63) is 56.2 Å². The van der Waals surface area contributed by atoms with E-state index in [1.54, 1.807) is 0 Å². The molecule has 0 nitrogen and oxygen atoms in total. The van der Waals surface area contributed by atoms with Crippen molar-refractivity contribution in [2.24, 2.45) is 0 Å². The molecule has 0 aromatic heterocycles. The van der Waals surface area contributed by atoms with Gasteiger partial charge in [0, 0.05) is 0 Å². The molecule has 0 bridgehead atoms. The molecular weight excluding hydrogens is 295 g/mol. The van der Waals surface area contributed by atoms with Crippen LogP contribution < -0.4 is 21.2 Å². The summed E-state index contributed by atoms with van der Waals surface area (Å²) in [7, 11) is 0. The zero-order valence-corrected chi connectivity index (χ0v) is 11.8. The predicted octanol–water partition coefficient (Wildman–Crippen LogP) is 0.942. The lowest BCUT2D eigenvalue weighted by molar-refractivity contribution is -0.571. The molecule has 0 heterocycles. The van der Waals surface area contributed by atoms with Gasteiger partial charge in [0.05, 0.1) is 0 Å². The summed E-state index contributed by atoms with van der Waals surface area (Å²) in [5, 5.41) is 0. The highest BCUT2D eigenvalue weighted by Gasteiger charge is 2.17. The molecule has 0 radical (unpaired) electrons. The van der Waals surface area contributed by atoms with Crippen molar-refractivity contribution >= 4 is 0 Å². The largest absolute Gasteiger partial charge is 0.357 e. The maximum atomic E-state index is 3.97. The molecule has 0 aliphatic heterocycles. The van der Waals surface area contributed by atoms with Crippen LogP contribution in [0, 0.1) is 3.57 Å². The minimum Gasteiger partial charge on any atom is -0.0946 e. The van der Waals surface area contributed by atoms with E-state index in [-0.39, 0.29) is 26.6 Å². The lowest BCUT2D eigenvalue weighted by atomic mass is 9.87. The molecule has 0 unspecified atom stereocenters. The first-order valence-electron chi connectivity index (χ1n) is 5.00. The molecule has 15 heavy (non-hydrogen) atoms. The van der Waals surface area contributed by atoms with Gasteiger partial charge in [0.2, 0.25) is 0 Å². The van der Waals surface area contributed by atoms with Crippen molar-refractivity contribution in [3.8, 4) is 0 Å². The van der Waals surface area contributed by atoms with Crippen LogP contribution in [0.1, 0.15) is 26.3 Å². The van der Waals surface area contributed by atoms with Crippen LogP contribution in [-0.2, 0) is 5.41 Å². The summed E-state index contributed by atoms with van der Waals surface area (Å²) in [4.78, 5) is 0. The highest BCUT2D eigenvalue weighted by molar-refractivity contribution is 5.22. The van der Waals surface area contributed by atoms with E-state index in [0.29, 0.717) is 0 Å². The Balaban J connectivity index is 2.81. The van der Waals surface area contributed by atoms with Crippen LogP contribution >= 0.6 is 0 Å². The van der Waals surface area contributed by atoms with Gasteiger partial charge < -0.3 is 0 Å². The maximum Gasteiger partial charge on any atom is 0.357 e. The van der Waals surface area contributed by atoms with Crippen LogP contribution in [0.2, 0.25) is 0 Å². The SMILES string of the molecule is C=CC(=C)[I+]c1ccc(C(C)(C)C)cc1. The average molecular weight is 313 g/mol. The summed E-state index contributed by atoms with van der Waals surface area (Å²) >= 11 is -0.0981. The molecule has 0 saturated heterocycles. The van der Waals surface area contributed by atoms with Gasteiger partial charge in [-0.3, -0.25) is 0 Å². The van der Waals surface area contributed by atoms with E-state index in [4.69, 9.17) is 0 Å². The topological polar surface area (TPSA) is 0 Å². The molecule has 1 rings (SSSR count). The fourth-order valence-electron chi connectivity index (χ4n) is 1.19. The number of hydrogen-bond donors (Lipinski definition) is 0. The Hall–Kier alpha value is -0.570. The normalized spacial score (nSPS) is 11.1. The van der Waals surface area contributed by atoms with Gasteiger partial charge >= 0.3 is 21.2 Å². The first-order chi connectivity index (χ1) is 6.93. The minimum absolute atomic E-state index is 0.0981. The third kappa shape index (κ3) is 3.82. The second kappa shape index (κ2) is 4.97. The molecule has 0 amide bonds. The van der Waals surface area contributed by atoms with E-state index in [1.165, 1.54) is 12.7 Å². The van der Waals surface area contributed by atoms with Crippen molar-refractivity contribution in [2.75, 3.05) is 0 Å². The highest BCUT2D eigenvalue weighted by atomic mass is 127. The molecule has 1 aromatic carbocycles. The Morgan fingerprint density at radius 1 is 1.20 bits per heavy atom. The Bertz CT molecular complexity index is 352. The number of benzene rings is 1. The van der Waals surface area contributed by atoms with Gasteiger partial charge in [0.1, 0.15) is 0 Å². The van der Waals surface area contributed by atoms with Crippen LogP contribution in [-0.4, -0.2) is 0 Å². The van der Waals surface area contributed by atoms with Crippen molar-refractivity contribution in [1.29, 1.82) is 0 Å². The molecule has 0 aliphatic rings. The van der Waals surface area contributed by atoms with Crippen molar-refractivity contribution in [3.63, 3.8) is 0 Å². The lowest BCUT2D eigenvalue weighted by Crippen LogP contribution is -3.60. The van der Waals surface area contributed by atoms with Crippen LogP contribution in [0.3, 0.4) is 0 Å². The van der Waals surface area contributed by atoms with Gasteiger partial charge in [-0.15, -0.1) is 0 Å². The molecule has 1 heteroatoms. The number of allylic oxidation sites excluding steroid dienone is 2. The third-order valence-corrected chi connectivity index (χ3v) is 4.64. The second-order valence-electron chi connectivity index (χ2n) is 4.50. The minimum atomic E-state index is -0.0981. The van der Waals surface area contributed by atoms with E-state index in [9.17, 15) is 0 Å². The summed E-state index contributed by atoms with van der Waals surface area (Å²) in [5.41, 5.74) is 1.63. The van der Waals surface area contributed by atoms with Crippen molar-refractivity contribution in [2.45, 2.75) is 26.2 Å². The standard InChI is InChI=1S/C14H18I/c1-6-11(2)15-13-9-7-12(8-10-13)14(3,4)5/h6-10H,1-2H2,3-5H3/q+1. The Morgan fingerprint density at radius 3 is 2.13 bits per heavy atom. The molecule has 0 spiro atoms. The number of rotatable bonds is 3. The molecular formula is C14H18I+. The van der Waals surface area contributed by atoms with Gasteiger partial charge in [-0.1, -0.05) is 39.5 Å². The zero-order valence-electron chi connectivity index (χ0n) is 9.68. The molecule has 0 atom stereocenters. The van der Waals surface area contributed by atoms with Gasteiger partial charge in [0.25, 0.3) is 0 Å². The lowest BCUT2D eigenvalue weighted by Gasteiger charge is -2.18. The van der Waals surface area contributed by atoms with E-state index in [0.717, 1.165) is 0 Å². The van der Waals surface area contributed by atoms with E-state index >= 15 is 0 Å². The first-order valence-corrected chi connectivity index (χ1v) is 7.16. The van der Waals surface area contributed by atoms with Crippen LogP contribution in [0.4, 0.5) is 0 Å². The fourth-order valence-corrected chi connectivity index (χ4v) is 2.93. The van der Waals surface area contributed by atoms with Crippen LogP contribution in [0.15, 0.2) is 47.1 Å². The van der Waals surface area contributed by atoms with Crippen molar-refractivity contribution < 1.29 is 21.2 Å². The van der Waals surface area contributed by atoms with E-state index in [2.05, 4.69) is 58.2 Å². The molecule has 0 saturated carbocycles. The Morgan fingerprint density at radius 2 is 1.73 bits per heavy atom. The monoisotopic (exact) mass is 313 g/mol. The molecule has 0 fully saturated rings. The highest BCUT2D eigenvalue weighted by Crippen LogP contribution is 2.20. The van der Waals surface area contributed by atoms with Gasteiger partial charge in [-0.05, 0) is 35.8 Å². The quantitative estimate of drug-likeness (QED) is 0.576. The van der Waals surface area contributed by atoms with Gasteiger partial charge in [-0.2, -0.15) is 0 Å². The molecule has 1 aromatic rings. The smallest absolute Gasteiger partial charge is 0.0946 e. The molecule has 80 valence electrons. The Labute approximate surface area is 103 Å². The van der Waals surface area contributed by atoms with Crippen LogP contribution in [0.5, 0.6) is 0 Å². The average Bonchev–Trinajstić information content (AvgIpc) is 2.17. The number of halogens is 1. The molecule has 0 N–H and O–H groups in total. The summed E-state index contributed by atoms with van der Waals surface area (Å²) in [6.45, 7) is 14.4. The zero-order chi connectivity index (χ0) is 11.5. The summed E-state index contributed by atoms with van der Waals surface area (Å²) in [6, 6.07) is 8.90. The van der Waals surface area contributed by atoms with Crippen molar-refractivity contribution in [1.82, 2.24) is 0 Å². The second-order valence-corrected chi connectivity index (χ2v) is 7.67. The van der Waals surface area contributed by atoms with Gasteiger partial charge in [0.15, 0.2) is 7.15 Å². The first kappa shape index (κ1) is 12.5. The third-order valence-electron chi connectivity index (χ3n) is 2.16. The summed E-state index contributed by atoms with van der Waals surface area (Å²) in [6.07, 6.45) is 1.87. The van der Waals surface area contributed by atoms with E-state index < -0.39 is 0 Å². The Kier molecular flexibility index (Phi) is 4.14. The summed E-state index contributed by atoms with van der Waals surface area (Å²) < 4.78 is 2.59. The molecule has 0 aliphatic carbocycles. The predicted molar refractivity (Wildman–Crippen MR) is 63.2 cm³/mol. The number of hydrogen-bond acceptors (Lipinski definition) is 0. The summed E-state index contributed by atoms with van der Waals surface area (Å²) in [5.74, 6) is 0. The van der Waals surface area contributed by atoms with Crippen LogP contribution in [0.25, 0.3) is 0 Å². The maximum absolute atomic E-state index is 3.97. The van der Waals surface area contributed by atoms with E-state index in [1.807, 2.05) is 6.08 Å². The fraction of sp³-hybridized carbons (Fsp3) is 0.286.